The molecule has 0 saturated heterocycles. The maximum Gasteiger partial charge on any atom is 0.360 e. The van der Waals surface area contributed by atoms with Gasteiger partial charge in [-0.1, -0.05) is 47.6 Å². The molecule has 0 amide bonds. The van der Waals surface area contributed by atoms with Gasteiger partial charge < -0.3 is 8.85 Å². The maximum absolute atomic E-state index is 6.26. The van der Waals surface area contributed by atoms with Gasteiger partial charge in [0.1, 0.15) is 0 Å². The van der Waals surface area contributed by atoms with E-state index in [1.54, 1.807) is 0 Å². The molecule has 2 rings (SSSR count). The molecule has 0 bridgehead atoms. The summed E-state index contributed by atoms with van der Waals surface area (Å²) in [5.41, 5.74) is 3.24. The van der Waals surface area contributed by atoms with E-state index in [4.69, 9.17) is 8.85 Å². The van der Waals surface area contributed by atoms with E-state index >= 15 is 0 Å². The summed E-state index contributed by atoms with van der Waals surface area (Å²) >= 11 is 0. The van der Waals surface area contributed by atoms with Crippen LogP contribution in [0.25, 0.3) is 0 Å². The smallest absolute Gasteiger partial charge is 0.360 e. The molecule has 0 aliphatic heterocycles. The topological polar surface area (TPSA) is 18.5 Å². The first-order chi connectivity index (χ1) is 9.12. The van der Waals surface area contributed by atoms with Crippen LogP contribution in [0.3, 0.4) is 0 Å². The standard InChI is InChI=1S/C16H24O2Si/c1-5-17-19(18-6-2,15-9-7-13(3)11-15)16-10-8-14(4)12-16/h7-12,15-16H,5-6H2,1-4H3. The second-order valence-corrected chi connectivity index (χ2v) is 8.53. The van der Waals surface area contributed by atoms with Gasteiger partial charge in [0.2, 0.25) is 0 Å². The predicted molar refractivity (Wildman–Crippen MR) is 82.3 cm³/mol. The molecule has 2 nitrogen and oxygen atoms in total. The lowest BCUT2D eigenvalue weighted by molar-refractivity contribution is 0.178. The molecule has 2 aliphatic carbocycles. The molecule has 0 fully saturated rings. The van der Waals surface area contributed by atoms with Gasteiger partial charge in [0, 0.05) is 24.3 Å². The lowest BCUT2D eigenvalue weighted by atomic mass is 10.3. The van der Waals surface area contributed by atoms with E-state index in [0.717, 1.165) is 0 Å². The Kier molecular flexibility index (Phi) is 4.61. The molecule has 3 heteroatoms. The van der Waals surface area contributed by atoms with Crippen molar-refractivity contribution in [2.75, 3.05) is 13.2 Å². The molecule has 0 aromatic rings. The zero-order valence-electron chi connectivity index (χ0n) is 12.3. The Bertz CT molecular complexity index is 404. The molecule has 0 radical (unpaired) electrons. The molecule has 0 saturated carbocycles. The number of rotatable bonds is 6. The van der Waals surface area contributed by atoms with Gasteiger partial charge in [0.05, 0.1) is 0 Å². The van der Waals surface area contributed by atoms with Crippen molar-refractivity contribution in [3.05, 3.63) is 47.6 Å². The number of hydrogen-bond acceptors (Lipinski definition) is 2. The van der Waals surface area contributed by atoms with Crippen LogP contribution in [-0.4, -0.2) is 21.8 Å². The summed E-state index contributed by atoms with van der Waals surface area (Å²) in [4.78, 5) is 0. The van der Waals surface area contributed by atoms with Crippen molar-refractivity contribution >= 4 is 8.56 Å². The van der Waals surface area contributed by atoms with E-state index in [2.05, 4.69) is 64.2 Å². The summed E-state index contributed by atoms with van der Waals surface area (Å²) in [6.07, 6.45) is 13.5. The molecular formula is C16H24O2Si. The third-order valence-electron chi connectivity index (χ3n) is 3.69. The van der Waals surface area contributed by atoms with E-state index in [0.29, 0.717) is 24.3 Å². The van der Waals surface area contributed by atoms with Crippen LogP contribution in [0.5, 0.6) is 0 Å². The van der Waals surface area contributed by atoms with Crippen molar-refractivity contribution in [2.45, 2.75) is 38.8 Å². The van der Waals surface area contributed by atoms with E-state index in [1.165, 1.54) is 11.1 Å². The highest BCUT2D eigenvalue weighted by Crippen LogP contribution is 2.44. The van der Waals surface area contributed by atoms with Crippen LogP contribution in [0.1, 0.15) is 27.7 Å². The van der Waals surface area contributed by atoms with Gasteiger partial charge in [-0.25, -0.2) is 0 Å². The van der Waals surface area contributed by atoms with E-state index in [1.807, 2.05) is 0 Å². The largest absolute Gasteiger partial charge is 0.393 e. The van der Waals surface area contributed by atoms with Crippen LogP contribution < -0.4 is 0 Å². The second kappa shape index (κ2) is 6.03. The van der Waals surface area contributed by atoms with Crippen molar-refractivity contribution in [3.8, 4) is 0 Å². The number of allylic oxidation sites excluding steroid dienone is 8. The summed E-state index contributed by atoms with van der Waals surface area (Å²) in [6.45, 7) is 9.82. The van der Waals surface area contributed by atoms with Gasteiger partial charge in [-0.2, -0.15) is 0 Å². The first-order valence-electron chi connectivity index (χ1n) is 7.13. The fraction of sp³-hybridized carbons (Fsp3) is 0.500. The fourth-order valence-electron chi connectivity index (χ4n) is 2.90. The van der Waals surface area contributed by atoms with E-state index in [9.17, 15) is 0 Å². The molecule has 0 N–H and O–H groups in total. The van der Waals surface area contributed by atoms with Gasteiger partial charge in [0.25, 0.3) is 0 Å². The van der Waals surface area contributed by atoms with Crippen LogP contribution in [0.4, 0.5) is 0 Å². The van der Waals surface area contributed by atoms with Crippen LogP contribution in [0, 0.1) is 0 Å². The SMILES string of the molecule is CCO[Si](OCC)(C1C=CC(C)=C1)C1C=CC(C)=C1. The highest BCUT2D eigenvalue weighted by atomic mass is 28.4. The fourth-order valence-corrected chi connectivity index (χ4v) is 6.82. The minimum atomic E-state index is -2.34. The maximum atomic E-state index is 6.26. The van der Waals surface area contributed by atoms with Crippen molar-refractivity contribution < 1.29 is 8.85 Å². The molecule has 2 atom stereocenters. The molecule has 2 aliphatic rings. The molecule has 104 valence electrons. The molecular weight excluding hydrogens is 252 g/mol. The Labute approximate surface area is 117 Å². The van der Waals surface area contributed by atoms with Gasteiger partial charge in [-0.3, -0.25) is 0 Å². The Morgan fingerprint density at radius 3 is 1.58 bits per heavy atom. The zero-order valence-corrected chi connectivity index (χ0v) is 13.3. The highest BCUT2D eigenvalue weighted by Gasteiger charge is 2.50. The first kappa shape index (κ1) is 14.5. The molecule has 0 spiro atoms. The van der Waals surface area contributed by atoms with Gasteiger partial charge in [0.15, 0.2) is 0 Å². The van der Waals surface area contributed by atoms with Crippen molar-refractivity contribution in [2.24, 2.45) is 0 Å². The summed E-state index contributed by atoms with van der Waals surface area (Å²) in [5.74, 6) is 0. The Morgan fingerprint density at radius 1 is 0.895 bits per heavy atom. The van der Waals surface area contributed by atoms with E-state index in [-0.39, 0.29) is 0 Å². The predicted octanol–water partition coefficient (Wildman–Crippen LogP) is 4.27. The lowest BCUT2D eigenvalue weighted by Crippen LogP contribution is -2.49. The average Bonchev–Trinajstić information content (AvgIpc) is 2.98. The molecule has 0 aromatic carbocycles. The Hall–Kier alpha value is -0.903. The van der Waals surface area contributed by atoms with Crippen molar-refractivity contribution in [1.29, 1.82) is 0 Å². The first-order valence-corrected chi connectivity index (χ1v) is 9.10. The summed E-state index contributed by atoms with van der Waals surface area (Å²) in [6, 6.07) is 0. The van der Waals surface area contributed by atoms with Gasteiger partial charge >= 0.3 is 8.56 Å². The van der Waals surface area contributed by atoms with Crippen LogP contribution in [0.15, 0.2) is 47.6 Å². The Balaban J connectivity index is 2.36. The minimum Gasteiger partial charge on any atom is -0.393 e. The zero-order chi connectivity index (χ0) is 13.9. The highest BCUT2D eigenvalue weighted by molar-refractivity contribution is 6.73. The quantitative estimate of drug-likeness (QED) is 0.674. The van der Waals surface area contributed by atoms with Crippen molar-refractivity contribution in [1.82, 2.24) is 0 Å². The lowest BCUT2D eigenvalue weighted by Gasteiger charge is -2.37. The Morgan fingerprint density at radius 2 is 1.32 bits per heavy atom. The van der Waals surface area contributed by atoms with Gasteiger partial charge in [-0.05, 0) is 27.7 Å². The van der Waals surface area contributed by atoms with Crippen LogP contribution >= 0.6 is 0 Å². The normalized spacial score (nSPS) is 25.9. The third-order valence-corrected chi connectivity index (χ3v) is 7.74. The monoisotopic (exact) mass is 276 g/mol. The van der Waals surface area contributed by atoms with Crippen LogP contribution in [0.2, 0.25) is 11.1 Å². The minimum absolute atomic E-state index is 0.309. The van der Waals surface area contributed by atoms with Gasteiger partial charge in [-0.15, -0.1) is 0 Å². The molecule has 0 heterocycles. The summed E-state index contributed by atoms with van der Waals surface area (Å²) in [7, 11) is -2.34. The third kappa shape index (κ3) is 2.83. The number of hydrogen-bond donors (Lipinski definition) is 0. The van der Waals surface area contributed by atoms with Crippen molar-refractivity contribution in [3.63, 3.8) is 0 Å². The summed E-state index contributed by atoms with van der Waals surface area (Å²) in [5, 5.41) is 0. The molecule has 19 heavy (non-hydrogen) atoms. The molecule has 0 aromatic heterocycles. The second-order valence-electron chi connectivity index (χ2n) is 5.18. The summed E-state index contributed by atoms with van der Waals surface area (Å²) < 4.78 is 12.5. The van der Waals surface area contributed by atoms with E-state index < -0.39 is 8.56 Å². The average molecular weight is 276 g/mol. The molecule has 2 unspecified atom stereocenters. The van der Waals surface area contributed by atoms with Crippen LogP contribution in [-0.2, 0) is 8.85 Å².